The molecule has 2 rings (SSSR count). The summed E-state index contributed by atoms with van der Waals surface area (Å²) < 4.78 is 23.4. The van der Waals surface area contributed by atoms with Crippen molar-refractivity contribution in [2.24, 2.45) is 5.92 Å². The van der Waals surface area contributed by atoms with Crippen LogP contribution in [-0.2, 0) is 19.4 Å². The number of aliphatic carboxylic acids is 1. The summed E-state index contributed by atoms with van der Waals surface area (Å²) in [5.41, 5.74) is 0.763. The molecule has 1 fully saturated rings. The van der Waals surface area contributed by atoms with Crippen LogP contribution in [0.1, 0.15) is 31.4 Å². The highest BCUT2D eigenvalue weighted by atomic mass is 32.2. The van der Waals surface area contributed by atoms with Crippen molar-refractivity contribution in [3.8, 4) is 0 Å². The van der Waals surface area contributed by atoms with E-state index in [1.165, 1.54) is 16.2 Å². The predicted molar refractivity (Wildman–Crippen MR) is 83.5 cm³/mol. The second-order valence-corrected chi connectivity index (χ2v) is 8.56. The van der Waals surface area contributed by atoms with Crippen molar-refractivity contribution in [1.29, 1.82) is 0 Å². The van der Waals surface area contributed by atoms with Crippen LogP contribution >= 0.6 is 11.3 Å². The number of carboxylic acid groups (broad SMARTS) is 1. The van der Waals surface area contributed by atoms with Crippen LogP contribution in [0.4, 0.5) is 0 Å². The molecule has 0 radical (unpaired) electrons. The summed E-state index contributed by atoms with van der Waals surface area (Å²) in [5, 5.41) is 13.1. The summed E-state index contributed by atoms with van der Waals surface area (Å²) in [6, 6.07) is 1.21. The number of likely N-dealkylation sites (tertiary alicyclic amines) is 1. The van der Waals surface area contributed by atoms with Crippen molar-refractivity contribution < 1.29 is 23.1 Å². The molecule has 0 saturated carbocycles. The van der Waals surface area contributed by atoms with E-state index in [1.807, 2.05) is 10.8 Å². The van der Waals surface area contributed by atoms with Gasteiger partial charge in [-0.2, -0.15) is 11.3 Å². The molecule has 1 aromatic rings. The number of hydrogen-bond acceptors (Lipinski definition) is 5. The van der Waals surface area contributed by atoms with Crippen LogP contribution < -0.4 is 0 Å². The summed E-state index contributed by atoms with van der Waals surface area (Å²) in [6.45, 7) is 1.60. The number of thiophene rings is 1. The molecule has 2 heterocycles. The van der Waals surface area contributed by atoms with Gasteiger partial charge in [0.05, 0.1) is 17.7 Å². The van der Waals surface area contributed by atoms with Gasteiger partial charge in [-0.1, -0.05) is 6.92 Å². The van der Waals surface area contributed by atoms with Gasteiger partial charge < -0.3 is 10.0 Å². The van der Waals surface area contributed by atoms with Crippen LogP contribution in [0, 0.1) is 5.92 Å². The number of rotatable bonds is 6. The lowest BCUT2D eigenvalue weighted by Gasteiger charge is -2.39. The van der Waals surface area contributed by atoms with E-state index in [4.69, 9.17) is 0 Å². The molecule has 1 aliphatic heterocycles. The van der Waals surface area contributed by atoms with E-state index in [0.29, 0.717) is 0 Å². The maximum Gasteiger partial charge on any atom is 0.308 e. The lowest BCUT2D eigenvalue weighted by molar-refractivity contribution is -0.151. The Morgan fingerprint density at radius 1 is 1.50 bits per heavy atom. The molecule has 2 atom stereocenters. The van der Waals surface area contributed by atoms with Gasteiger partial charge >= 0.3 is 5.97 Å². The average Bonchev–Trinajstić information content (AvgIpc) is 2.99. The van der Waals surface area contributed by atoms with Crippen molar-refractivity contribution in [3.63, 3.8) is 0 Å². The van der Waals surface area contributed by atoms with Crippen molar-refractivity contribution in [2.75, 3.05) is 18.1 Å². The molecule has 1 aromatic heterocycles. The van der Waals surface area contributed by atoms with E-state index in [0.717, 1.165) is 5.56 Å². The molecule has 6 nitrogen and oxygen atoms in total. The first-order chi connectivity index (χ1) is 10.4. The average molecular weight is 345 g/mol. The van der Waals surface area contributed by atoms with E-state index >= 15 is 0 Å². The van der Waals surface area contributed by atoms with Crippen molar-refractivity contribution in [2.45, 2.75) is 25.8 Å². The Balaban J connectivity index is 2.29. The Morgan fingerprint density at radius 2 is 2.23 bits per heavy atom. The third-order valence-corrected chi connectivity index (χ3v) is 6.38. The lowest BCUT2D eigenvalue weighted by atomic mass is 9.85. The van der Waals surface area contributed by atoms with Gasteiger partial charge in [-0.3, -0.25) is 9.59 Å². The fourth-order valence-electron chi connectivity index (χ4n) is 2.71. The van der Waals surface area contributed by atoms with Gasteiger partial charge in [0.25, 0.3) is 0 Å². The first-order valence-electron chi connectivity index (χ1n) is 7.10. The van der Waals surface area contributed by atoms with Crippen LogP contribution in [-0.4, -0.2) is 48.4 Å². The first-order valence-corrected chi connectivity index (χ1v) is 9.87. The quantitative estimate of drug-likeness (QED) is 0.844. The van der Waals surface area contributed by atoms with Crippen LogP contribution in [0.25, 0.3) is 0 Å². The van der Waals surface area contributed by atoms with E-state index in [1.54, 1.807) is 13.0 Å². The molecule has 0 spiro atoms. The molecular weight excluding hydrogens is 326 g/mol. The number of amides is 1. The summed E-state index contributed by atoms with van der Waals surface area (Å²) >= 11 is 1.43. The van der Waals surface area contributed by atoms with E-state index in [9.17, 15) is 23.1 Å². The molecule has 22 heavy (non-hydrogen) atoms. The second kappa shape index (κ2) is 6.78. The Morgan fingerprint density at radius 3 is 2.77 bits per heavy atom. The molecule has 122 valence electrons. The van der Waals surface area contributed by atoms with Crippen LogP contribution in [0.2, 0.25) is 0 Å². The molecular formula is C14H19NO5S2. The normalized spacial score (nSPS) is 22.8. The summed E-state index contributed by atoms with van der Waals surface area (Å²) in [6.07, 6.45) is 0.426. The summed E-state index contributed by atoms with van der Waals surface area (Å²) in [7, 11) is -3.21. The van der Waals surface area contributed by atoms with E-state index < -0.39 is 27.8 Å². The highest BCUT2D eigenvalue weighted by molar-refractivity contribution is 7.91. The SMILES string of the molecule is CCS(=O)(=O)CCN1C(=O)CC[C@H](C(=O)O)[C@@H]1c1ccsc1. The third kappa shape index (κ3) is 3.67. The standard InChI is InChI=1S/C14H19NO5S2/c1-2-22(19,20)8-6-15-12(16)4-3-11(14(17)18)13(15)10-5-7-21-9-10/h5,7,9,11,13H,2-4,6,8H2,1H3,(H,17,18)/t11-,13-/m0/s1. The maximum atomic E-state index is 12.2. The lowest BCUT2D eigenvalue weighted by Crippen LogP contribution is -2.47. The third-order valence-electron chi connectivity index (χ3n) is 3.99. The number of hydrogen-bond donors (Lipinski definition) is 1. The molecule has 0 aromatic carbocycles. The first kappa shape index (κ1) is 17.0. The fourth-order valence-corrected chi connectivity index (χ4v) is 4.17. The largest absolute Gasteiger partial charge is 0.481 e. The van der Waals surface area contributed by atoms with Crippen molar-refractivity contribution in [1.82, 2.24) is 4.90 Å². The monoisotopic (exact) mass is 345 g/mol. The van der Waals surface area contributed by atoms with Crippen LogP contribution in [0.3, 0.4) is 0 Å². The second-order valence-electron chi connectivity index (χ2n) is 5.31. The molecule has 0 aliphatic carbocycles. The molecule has 1 amide bonds. The molecule has 1 N–H and O–H groups in total. The smallest absolute Gasteiger partial charge is 0.308 e. The Kier molecular flexibility index (Phi) is 5.23. The topological polar surface area (TPSA) is 91.8 Å². The minimum absolute atomic E-state index is 0.0144. The number of carbonyl (C=O) groups is 2. The Bertz CT molecular complexity index is 638. The predicted octanol–water partition coefficient (Wildman–Crippen LogP) is 1.55. The number of piperidine rings is 1. The highest BCUT2D eigenvalue weighted by Crippen LogP contribution is 2.37. The van der Waals surface area contributed by atoms with Gasteiger partial charge in [-0.25, -0.2) is 8.42 Å². The Hall–Kier alpha value is -1.41. The minimum atomic E-state index is -3.21. The summed E-state index contributed by atoms with van der Waals surface area (Å²) in [4.78, 5) is 25.2. The van der Waals surface area contributed by atoms with E-state index in [-0.39, 0.29) is 36.8 Å². The minimum Gasteiger partial charge on any atom is -0.481 e. The number of carboxylic acids is 1. The number of sulfone groups is 1. The van der Waals surface area contributed by atoms with Gasteiger partial charge in [-0.05, 0) is 28.8 Å². The number of carbonyl (C=O) groups excluding carboxylic acids is 1. The Labute approximate surface area is 133 Å². The van der Waals surface area contributed by atoms with Gasteiger partial charge in [0.2, 0.25) is 5.91 Å². The molecule has 8 heteroatoms. The van der Waals surface area contributed by atoms with Crippen molar-refractivity contribution >= 4 is 33.1 Å². The van der Waals surface area contributed by atoms with Gasteiger partial charge in [0.1, 0.15) is 0 Å². The molecule has 0 bridgehead atoms. The van der Waals surface area contributed by atoms with Gasteiger partial charge in [-0.15, -0.1) is 0 Å². The number of nitrogens with zero attached hydrogens (tertiary/aromatic N) is 1. The van der Waals surface area contributed by atoms with Crippen molar-refractivity contribution in [3.05, 3.63) is 22.4 Å². The zero-order valence-corrected chi connectivity index (χ0v) is 13.9. The van der Waals surface area contributed by atoms with Crippen LogP contribution in [0.5, 0.6) is 0 Å². The zero-order chi connectivity index (χ0) is 16.3. The van der Waals surface area contributed by atoms with Crippen LogP contribution in [0.15, 0.2) is 16.8 Å². The summed E-state index contributed by atoms with van der Waals surface area (Å²) in [5.74, 6) is -1.95. The molecule has 1 aliphatic rings. The molecule has 0 unspecified atom stereocenters. The highest BCUT2D eigenvalue weighted by Gasteiger charge is 2.41. The fraction of sp³-hybridized carbons (Fsp3) is 0.571. The van der Waals surface area contributed by atoms with Gasteiger partial charge in [0.15, 0.2) is 9.84 Å². The molecule has 1 saturated heterocycles. The maximum absolute atomic E-state index is 12.2. The van der Waals surface area contributed by atoms with E-state index in [2.05, 4.69) is 0 Å². The zero-order valence-electron chi connectivity index (χ0n) is 12.3. The van der Waals surface area contributed by atoms with Gasteiger partial charge in [0, 0.05) is 18.7 Å².